The molecule has 0 amide bonds. The molecule has 4 bridgehead atoms. The van der Waals surface area contributed by atoms with Gasteiger partial charge in [-0.05, 0) is 153 Å². The Morgan fingerprint density at radius 1 is 0.429 bits per heavy atom. The molecule has 56 heavy (non-hydrogen) atoms. The second kappa shape index (κ2) is 10.6. The summed E-state index contributed by atoms with van der Waals surface area (Å²) >= 11 is 0. The summed E-state index contributed by atoms with van der Waals surface area (Å²) in [5, 5.41) is 7.08. The van der Waals surface area contributed by atoms with E-state index in [9.17, 15) is 0 Å². The molecule has 1 aliphatic heterocycles. The predicted molar refractivity (Wildman–Crippen MR) is 228 cm³/mol. The van der Waals surface area contributed by atoms with Gasteiger partial charge in [0, 0.05) is 32.5 Å². The summed E-state index contributed by atoms with van der Waals surface area (Å²) < 4.78 is 13.3. The summed E-state index contributed by atoms with van der Waals surface area (Å²) in [6.07, 6.45) is 7.05. The zero-order valence-corrected chi connectivity index (χ0v) is 31.0. The molecule has 5 aliphatic carbocycles. The molecule has 4 fully saturated rings. The van der Waals surface area contributed by atoms with Crippen LogP contribution in [0.15, 0.2) is 150 Å². The van der Waals surface area contributed by atoms with Crippen molar-refractivity contribution < 1.29 is 9.15 Å². The van der Waals surface area contributed by atoms with Crippen molar-refractivity contribution in [1.29, 1.82) is 0 Å². The fourth-order valence-electron chi connectivity index (χ4n) is 13.2. The zero-order chi connectivity index (χ0) is 36.3. The van der Waals surface area contributed by atoms with E-state index in [4.69, 9.17) is 9.15 Å². The van der Waals surface area contributed by atoms with Crippen LogP contribution in [-0.2, 0) is 5.41 Å². The number of fused-ring (bicyclic) bond motifs is 10. The molecule has 4 saturated carbocycles. The van der Waals surface area contributed by atoms with Gasteiger partial charge in [-0.1, -0.05) is 109 Å². The van der Waals surface area contributed by atoms with E-state index >= 15 is 0 Å². The van der Waals surface area contributed by atoms with Crippen molar-refractivity contribution in [3.8, 4) is 56.0 Å². The third-order valence-electron chi connectivity index (χ3n) is 15.1. The van der Waals surface area contributed by atoms with E-state index in [1.807, 2.05) is 0 Å². The van der Waals surface area contributed by atoms with Gasteiger partial charge < -0.3 is 9.15 Å². The van der Waals surface area contributed by atoms with Crippen molar-refractivity contribution in [3.63, 3.8) is 0 Å². The quantitative estimate of drug-likeness (QED) is 0.178. The van der Waals surface area contributed by atoms with Crippen LogP contribution in [0.2, 0.25) is 0 Å². The van der Waals surface area contributed by atoms with Gasteiger partial charge in [0.15, 0.2) is 0 Å². The first kappa shape index (κ1) is 30.1. The van der Waals surface area contributed by atoms with Gasteiger partial charge in [-0.15, -0.1) is 0 Å². The molecule has 0 saturated heterocycles. The van der Waals surface area contributed by atoms with E-state index in [1.165, 1.54) is 81.6 Å². The Bertz CT molecular complexity index is 3170. The standard InChI is InChI=1S/C54H38O2/c1-2-8-39-32(7-1)15-19-44-51-38(10-6-14-49(51)56-53(39)44)33-17-21-48-45(28-33)43-12-5-11-42-37(20-22-50(55-48)52(42)43)34-16-18-41-40-9-3-4-13-46(40)54(47(41)29-34)35-24-30-23-31(26-35)27-36(54)25-30/h1-22,28-31,35-36H,23-27H2. The van der Waals surface area contributed by atoms with Crippen molar-refractivity contribution in [2.75, 3.05) is 0 Å². The van der Waals surface area contributed by atoms with E-state index < -0.39 is 0 Å². The second-order valence-electron chi connectivity index (χ2n) is 17.6. The van der Waals surface area contributed by atoms with Crippen LogP contribution in [-0.4, -0.2) is 0 Å². The smallest absolute Gasteiger partial charge is 0.143 e. The van der Waals surface area contributed by atoms with E-state index in [1.54, 1.807) is 11.1 Å². The van der Waals surface area contributed by atoms with Crippen molar-refractivity contribution in [1.82, 2.24) is 0 Å². The SMILES string of the molecule is c1ccc2c(c1)-c1ccc(-c3ccc4c5c(cccc35)-c3cc(-c5cccc6oc7c8ccccc8ccc7c56)ccc3O4)cc1C21C2CC3CC(C2)CC1C3. The Balaban J connectivity index is 0.930. The van der Waals surface area contributed by atoms with E-state index in [0.717, 1.165) is 73.6 Å². The van der Waals surface area contributed by atoms with Crippen LogP contribution < -0.4 is 4.74 Å². The number of benzene rings is 8. The highest BCUT2D eigenvalue weighted by Crippen LogP contribution is 2.69. The van der Waals surface area contributed by atoms with Gasteiger partial charge >= 0.3 is 0 Å². The lowest BCUT2D eigenvalue weighted by molar-refractivity contribution is -0.0399. The lowest BCUT2D eigenvalue weighted by atomic mass is 9.43. The Morgan fingerprint density at radius 2 is 1.12 bits per heavy atom. The van der Waals surface area contributed by atoms with Gasteiger partial charge in [0.05, 0.1) is 0 Å². The van der Waals surface area contributed by atoms with Gasteiger partial charge in [-0.3, -0.25) is 0 Å². The third-order valence-corrected chi connectivity index (χ3v) is 15.1. The third kappa shape index (κ3) is 3.73. The minimum atomic E-state index is 0.149. The molecule has 2 heterocycles. The van der Waals surface area contributed by atoms with Crippen LogP contribution in [0.1, 0.15) is 43.2 Å². The maximum absolute atomic E-state index is 6.77. The zero-order valence-electron chi connectivity index (χ0n) is 31.0. The van der Waals surface area contributed by atoms with Crippen LogP contribution in [0.4, 0.5) is 0 Å². The first-order chi connectivity index (χ1) is 27.7. The summed E-state index contributed by atoms with van der Waals surface area (Å²) in [4.78, 5) is 0. The van der Waals surface area contributed by atoms with E-state index in [-0.39, 0.29) is 5.41 Å². The van der Waals surface area contributed by atoms with Gasteiger partial charge in [0.1, 0.15) is 22.7 Å². The molecule has 0 atom stereocenters. The van der Waals surface area contributed by atoms with Crippen molar-refractivity contribution >= 4 is 43.5 Å². The highest BCUT2D eigenvalue weighted by Gasteiger charge is 2.61. The average Bonchev–Trinajstić information content (AvgIpc) is 3.77. The molecule has 9 aromatic rings. The highest BCUT2D eigenvalue weighted by atomic mass is 16.5. The number of ether oxygens (including phenoxy) is 1. The summed E-state index contributed by atoms with van der Waals surface area (Å²) in [5.74, 6) is 5.18. The number of hydrogen-bond acceptors (Lipinski definition) is 2. The molecule has 0 radical (unpaired) electrons. The first-order valence-corrected chi connectivity index (χ1v) is 20.7. The summed E-state index contributed by atoms with van der Waals surface area (Å²) in [6, 6.07) is 54.3. The first-order valence-electron chi connectivity index (χ1n) is 20.7. The van der Waals surface area contributed by atoms with Crippen molar-refractivity contribution in [3.05, 3.63) is 157 Å². The van der Waals surface area contributed by atoms with Crippen molar-refractivity contribution in [2.24, 2.45) is 23.7 Å². The van der Waals surface area contributed by atoms with Gasteiger partial charge in [0.25, 0.3) is 0 Å². The number of hydrogen-bond donors (Lipinski definition) is 0. The maximum Gasteiger partial charge on any atom is 0.143 e. The second-order valence-corrected chi connectivity index (χ2v) is 17.6. The Hall–Kier alpha value is -6.12. The fraction of sp³-hybridized carbons (Fsp3) is 0.185. The van der Waals surface area contributed by atoms with Gasteiger partial charge in [-0.2, -0.15) is 0 Å². The van der Waals surface area contributed by atoms with Gasteiger partial charge in [0.2, 0.25) is 0 Å². The summed E-state index contributed by atoms with van der Waals surface area (Å²) in [6.45, 7) is 0. The Labute approximate surface area is 325 Å². The van der Waals surface area contributed by atoms with Crippen LogP contribution in [0.3, 0.4) is 0 Å². The molecule has 1 aromatic heterocycles. The predicted octanol–water partition coefficient (Wildman–Crippen LogP) is 14.7. The molecule has 15 rings (SSSR count). The van der Waals surface area contributed by atoms with Crippen LogP contribution in [0.5, 0.6) is 11.5 Å². The van der Waals surface area contributed by atoms with Crippen molar-refractivity contribution in [2.45, 2.75) is 37.5 Å². The van der Waals surface area contributed by atoms with E-state index in [2.05, 4.69) is 146 Å². The molecule has 2 heteroatoms. The Kier molecular flexibility index (Phi) is 5.70. The minimum absolute atomic E-state index is 0.149. The van der Waals surface area contributed by atoms with Gasteiger partial charge in [-0.25, -0.2) is 0 Å². The summed E-state index contributed by atoms with van der Waals surface area (Å²) in [7, 11) is 0. The minimum Gasteiger partial charge on any atom is -0.456 e. The van der Waals surface area contributed by atoms with Crippen LogP contribution in [0, 0.1) is 23.7 Å². The van der Waals surface area contributed by atoms with Crippen LogP contribution >= 0.6 is 0 Å². The molecule has 8 aromatic carbocycles. The topological polar surface area (TPSA) is 22.4 Å². The molecular formula is C54H38O2. The monoisotopic (exact) mass is 718 g/mol. The summed E-state index contributed by atoms with van der Waals surface area (Å²) in [5.41, 5.74) is 15.5. The Morgan fingerprint density at radius 3 is 2.04 bits per heavy atom. The molecule has 0 N–H and O–H groups in total. The molecule has 2 nitrogen and oxygen atoms in total. The van der Waals surface area contributed by atoms with E-state index in [0.29, 0.717) is 0 Å². The molecule has 1 spiro atoms. The molecule has 266 valence electrons. The fourth-order valence-corrected chi connectivity index (χ4v) is 13.2. The maximum atomic E-state index is 6.77. The largest absolute Gasteiger partial charge is 0.456 e. The average molecular weight is 719 g/mol. The number of rotatable bonds is 2. The molecule has 6 aliphatic rings. The number of furan rings is 1. The molecule has 0 unspecified atom stereocenters. The van der Waals surface area contributed by atoms with Crippen LogP contribution in [0.25, 0.3) is 88.0 Å². The molecular weight excluding hydrogens is 681 g/mol. The lowest BCUT2D eigenvalue weighted by Crippen LogP contribution is -2.55. The highest BCUT2D eigenvalue weighted by molar-refractivity contribution is 6.19. The normalized spacial score (nSPS) is 23.6. The lowest BCUT2D eigenvalue weighted by Gasteiger charge is -2.61.